The van der Waals surface area contributed by atoms with Gasteiger partial charge in [-0.05, 0) is 112 Å². The van der Waals surface area contributed by atoms with Gasteiger partial charge in [0.15, 0.2) is 16.1 Å². The summed E-state index contributed by atoms with van der Waals surface area (Å²) in [6, 6.07) is 5.41. The highest BCUT2D eigenvalue weighted by molar-refractivity contribution is 7.91. The largest absolute Gasteiger partial charge is 0.494 e. The molecule has 3 fully saturated rings. The number of likely N-dealkylation sites (N-methyl/N-ethyl adjacent to an activating group) is 2. The number of sulfone groups is 1. The Morgan fingerprint density at radius 3 is 2.27 bits per heavy atom. The van der Waals surface area contributed by atoms with Gasteiger partial charge in [0.2, 0.25) is 0 Å². The zero-order valence-electron chi connectivity index (χ0n) is 46.5. The number of aliphatic hydroxyl groups excluding tert-OH is 3. The van der Waals surface area contributed by atoms with E-state index in [1.54, 1.807) is 70.5 Å². The predicted octanol–water partition coefficient (Wildman–Crippen LogP) is 3.41. The lowest BCUT2D eigenvalue weighted by Crippen LogP contribution is -2.60. The summed E-state index contributed by atoms with van der Waals surface area (Å²) in [5.74, 6) is -2.06. The number of carbonyl (C=O) groups is 1. The van der Waals surface area contributed by atoms with Gasteiger partial charge in [-0.15, -0.1) is 5.10 Å². The number of carbonyl (C=O) groups excluding carboxylic acids is 1. The molecule has 0 spiro atoms. The van der Waals surface area contributed by atoms with Gasteiger partial charge in [-0.1, -0.05) is 32.9 Å². The van der Waals surface area contributed by atoms with Gasteiger partial charge in [-0.25, -0.2) is 8.42 Å². The van der Waals surface area contributed by atoms with E-state index in [0.717, 1.165) is 5.69 Å². The normalized spacial score (nSPS) is 38.5. The highest BCUT2D eigenvalue weighted by atomic mass is 32.2. The smallest absolute Gasteiger partial charge is 0.311 e. The summed E-state index contributed by atoms with van der Waals surface area (Å²) in [4.78, 5) is 18.7. The Kier molecular flexibility index (Phi) is 21.9. The first-order chi connectivity index (χ1) is 34.6. The highest BCUT2D eigenvalue weighted by Crippen LogP contribution is 2.39. The molecule has 5 N–H and O–H groups in total. The van der Waals surface area contributed by atoms with Crippen molar-refractivity contribution in [2.24, 2.45) is 17.8 Å². The molecule has 0 bridgehead atoms. The fourth-order valence-corrected chi connectivity index (χ4v) is 12.2. The quantitative estimate of drug-likeness (QED) is 0.106. The molecule has 18 atom stereocenters. The van der Waals surface area contributed by atoms with E-state index in [4.69, 9.17) is 33.2 Å². The molecular weight excluding hydrogens is 979 g/mol. The standard InChI is InChI=1S/C53H91N5O15S/c1-15-43-53(11,64)46(60)36(7)57(13)29-32(3)27-51(9,63)48(34(5)45(35(6)49(62)72-43)69-31-40-28-52(10,67-14)47(61)37(8)71-40)73-50-44(59)42(26-33(4)70-50)56(12)24-22-38-30-58(55-54-38)23-17-25-68-39-18-20-41(21-19-39)74(65,66)16-2/h18-21,30,32-37,40,42-48,50,59-61,63-64H,15-17,22-29,31H2,1-14H3/t32-,33-,34+,35-,36-,37+,40-,42+,43-,44-,45+,46-,47+,48-,50+,51-,52-,53-/m1/s1. The Morgan fingerprint density at radius 1 is 0.959 bits per heavy atom. The Morgan fingerprint density at radius 2 is 1.64 bits per heavy atom. The number of methoxy groups -OCH3 is 1. The van der Waals surface area contributed by atoms with Gasteiger partial charge in [0.25, 0.3) is 0 Å². The van der Waals surface area contributed by atoms with E-state index in [0.29, 0.717) is 51.3 Å². The molecule has 0 amide bonds. The van der Waals surface area contributed by atoms with Crippen molar-refractivity contribution in [1.82, 2.24) is 24.8 Å². The zero-order chi connectivity index (χ0) is 55.1. The Hall–Kier alpha value is -2.90. The summed E-state index contributed by atoms with van der Waals surface area (Å²) in [7, 11) is 2.01. The monoisotopic (exact) mass is 1070 g/mol. The average molecular weight is 1070 g/mol. The van der Waals surface area contributed by atoms with Gasteiger partial charge >= 0.3 is 5.97 Å². The van der Waals surface area contributed by atoms with Crippen molar-refractivity contribution in [3.63, 3.8) is 0 Å². The van der Waals surface area contributed by atoms with Gasteiger partial charge < -0.3 is 68.5 Å². The number of aryl methyl sites for hydroxylation is 1. The van der Waals surface area contributed by atoms with E-state index < -0.39 is 112 Å². The van der Waals surface area contributed by atoms with E-state index in [2.05, 4.69) is 15.2 Å². The third-order valence-electron chi connectivity index (χ3n) is 16.0. The summed E-state index contributed by atoms with van der Waals surface area (Å²) >= 11 is 0. The molecule has 74 heavy (non-hydrogen) atoms. The molecule has 20 nitrogen and oxygen atoms in total. The second kappa shape index (κ2) is 26.2. The molecule has 5 rings (SSSR count). The van der Waals surface area contributed by atoms with Crippen molar-refractivity contribution in [1.29, 1.82) is 0 Å². The van der Waals surface area contributed by atoms with Crippen LogP contribution in [0.25, 0.3) is 0 Å². The maximum Gasteiger partial charge on any atom is 0.311 e. The van der Waals surface area contributed by atoms with Crippen LogP contribution in [0.5, 0.6) is 5.75 Å². The Labute approximate surface area is 440 Å². The highest BCUT2D eigenvalue weighted by Gasteiger charge is 2.52. The van der Waals surface area contributed by atoms with Crippen LogP contribution in [0.3, 0.4) is 0 Å². The van der Waals surface area contributed by atoms with Gasteiger partial charge in [0.05, 0.1) is 77.2 Å². The number of aliphatic hydroxyl groups is 5. The van der Waals surface area contributed by atoms with Crippen LogP contribution in [0.4, 0.5) is 0 Å². The summed E-state index contributed by atoms with van der Waals surface area (Å²) in [5.41, 5.74) is -3.62. The Bertz CT molecular complexity index is 2170. The molecule has 1 aromatic carbocycles. The van der Waals surface area contributed by atoms with E-state index in [-0.39, 0.29) is 48.5 Å². The van der Waals surface area contributed by atoms with Crippen LogP contribution in [0.1, 0.15) is 114 Å². The lowest BCUT2D eigenvalue weighted by molar-refractivity contribution is -0.301. The van der Waals surface area contributed by atoms with E-state index in [1.807, 2.05) is 52.9 Å². The molecule has 0 saturated carbocycles. The minimum Gasteiger partial charge on any atom is -0.494 e. The molecule has 3 aliphatic rings. The van der Waals surface area contributed by atoms with E-state index in [1.165, 1.54) is 14.0 Å². The lowest BCUT2D eigenvalue weighted by atomic mass is 9.77. The Balaban J connectivity index is 1.35. The van der Waals surface area contributed by atoms with Crippen molar-refractivity contribution in [3.05, 3.63) is 36.2 Å². The number of benzene rings is 1. The molecule has 0 aliphatic carbocycles. The van der Waals surface area contributed by atoms with Gasteiger partial charge in [0.1, 0.15) is 35.8 Å². The van der Waals surface area contributed by atoms with Gasteiger partial charge in [-0.3, -0.25) is 9.48 Å². The number of cyclic esters (lactones) is 1. The summed E-state index contributed by atoms with van der Waals surface area (Å²) in [5, 5.41) is 68.2. The second-order valence-electron chi connectivity index (χ2n) is 22.4. The first-order valence-corrected chi connectivity index (χ1v) is 28.3. The second-order valence-corrected chi connectivity index (χ2v) is 24.6. The predicted molar refractivity (Wildman–Crippen MR) is 276 cm³/mol. The number of esters is 1. The first kappa shape index (κ1) is 61.9. The van der Waals surface area contributed by atoms with Crippen LogP contribution < -0.4 is 4.74 Å². The number of nitrogens with zero attached hydrogens (tertiary/aromatic N) is 5. The van der Waals surface area contributed by atoms with Crippen LogP contribution in [-0.2, 0) is 56.0 Å². The maximum atomic E-state index is 14.5. The van der Waals surface area contributed by atoms with Crippen molar-refractivity contribution in [3.8, 4) is 5.75 Å². The zero-order valence-corrected chi connectivity index (χ0v) is 47.3. The molecule has 21 heteroatoms. The maximum absolute atomic E-state index is 14.5. The molecule has 1 aromatic heterocycles. The third kappa shape index (κ3) is 15.2. The number of aromatic nitrogens is 3. The molecule has 0 radical (unpaired) electrons. The number of hydrogen-bond acceptors (Lipinski definition) is 19. The van der Waals surface area contributed by atoms with Gasteiger partial charge in [0, 0.05) is 70.2 Å². The first-order valence-electron chi connectivity index (χ1n) is 26.7. The third-order valence-corrected chi connectivity index (χ3v) is 17.8. The molecular formula is C53H91N5O15S. The molecule has 3 aliphatic heterocycles. The lowest BCUT2D eigenvalue weighted by Gasteiger charge is -2.48. The van der Waals surface area contributed by atoms with Crippen molar-refractivity contribution >= 4 is 15.8 Å². The molecule has 2 aromatic rings. The molecule has 0 unspecified atom stereocenters. The minimum atomic E-state index is -3.29. The van der Waals surface area contributed by atoms with Crippen LogP contribution in [-0.4, -0.2) is 208 Å². The van der Waals surface area contributed by atoms with Crippen LogP contribution in [0.15, 0.2) is 35.4 Å². The fraction of sp³-hybridized carbons (Fsp3) is 0.830. The van der Waals surface area contributed by atoms with Crippen molar-refractivity contribution < 1.29 is 71.9 Å². The number of hydrogen-bond donors (Lipinski definition) is 5. The number of rotatable bonds is 18. The van der Waals surface area contributed by atoms with Crippen LogP contribution in [0.2, 0.25) is 0 Å². The topological polar surface area (TPSA) is 254 Å². The van der Waals surface area contributed by atoms with E-state index >= 15 is 0 Å². The average Bonchev–Trinajstić information content (AvgIpc) is 3.81. The van der Waals surface area contributed by atoms with Crippen molar-refractivity contribution in [2.45, 2.75) is 216 Å². The molecule has 4 heterocycles. The summed E-state index contributed by atoms with van der Waals surface area (Å²) in [6.07, 6.45) is -5.07. The minimum absolute atomic E-state index is 0.0239. The fourth-order valence-electron chi connectivity index (χ4n) is 11.3. The van der Waals surface area contributed by atoms with Crippen LogP contribution in [0, 0.1) is 17.8 Å². The molecule has 3 saturated heterocycles. The van der Waals surface area contributed by atoms with Gasteiger partial charge in [-0.2, -0.15) is 0 Å². The number of ether oxygens (including phenoxy) is 7. The summed E-state index contributed by atoms with van der Waals surface area (Å²) in [6.45, 7) is 21.2. The van der Waals surface area contributed by atoms with E-state index in [9.17, 15) is 38.7 Å². The van der Waals surface area contributed by atoms with Crippen molar-refractivity contribution in [2.75, 3.05) is 53.3 Å². The van der Waals surface area contributed by atoms with Crippen LogP contribution >= 0.6 is 0 Å². The SMILES string of the molecule is CC[C@H]1OC(=O)[C@H](C)[C@@H](OC[C@H]2C[C@@](C)(OC)[C@@H](O)[C@H](C)O2)[C@H](C)[C@@H](O[C@@H]2O[C@H](C)C[C@H](N(C)CCc3cn(CCCOc4ccc(S(=O)(=O)CC)cc4)nn3)[C@H]2O)[C@](C)(O)C[C@@H](C)CN(C)[C@H](C)[C@@H](O)[C@]1(C)O. The summed E-state index contributed by atoms with van der Waals surface area (Å²) < 4.78 is 70.1. The molecule has 424 valence electrons.